The molecule has 0 saturated heterocycles. The minimum Gasteiger partial charge on any atom is -0.776 e. The van der Waals surface area contributed by atoms with Crippen molar-refractivity contribution in [2.75, 3.05) is 0 Å². The van der Waals surface area contributed by atoms with E-state index in [0.717, 1.165) is 0 Å². The molecule has 70 valence electrons. The standard InChI is InChI=1S/CH2O.Fe.Na.H2O4S.H2O2S/c1-2;;;1-5(2,3)4;1-3-2/h1H2;;;(H2,1,2,3,4);1-2H/q;+2;+1;;/p-3. The SMILES string of the molecule is C=O.O=S(=O)([O-])[O-].[Fe+2].[Na+].[O-]SO. The first kappa shape index (κ1) is 29.2. The quantitative estimate of drug-likeness (QED) is 0.202. The van der Waals surface area contributed by atoms with E-state index in [4.69, 9.17) is 31.4 Å². The maximum atomic E-state index is 8.52. The van der Waals surface area contributed by atoms with Crippen LogP contribution in [0.5, 0.6) is 0 Å². The molecule has 0 aromatic rings. The summed E-state index contributed by atoms with van der Waals surface area (Å²) in [7, 11) is -5.17. The van der Waals surface area contributed by atoms with Gasteiger partial charge in [0, 0.05) is 10.4 Å². The van der Waals surface area contributed by atoms with Gasteiger partial charge in [0.1, 0.15) is 6.79 Å². The Morgan fingerprint density at radius 2 is 1.25 bits per heavy atom. The van der Waals surface area contributed by atoms with E-state index in [1.165, 1.54) is 0 Å². The average molecular weight is 270 g/mol. The Labute approximate surface area is 107 Å². The van der Waals surface area contributed by atoms with Gasteiger partial charge in [0.05, 0.1) is 0 Å². The molecule has 1 N–H and O–H groups in total. The summed E-state index contributed by atoms with van der Waals surface area (Å²) in [4.78, 5) is 8.00. The van der Waals surface area contributed by atoms with Crippen molar-refractivity contribution in [2.24, 2.45) is 0 Å². The van der Waals surface area contributed by atoms with E-state index in [-0.39, 0.29) is 46.6 Å². The van der Waals surface area contributed by atoms with Crippen LogP contribution in [0.2, 0.25) is 0 Å². The number of rotatable bonds is 0. The van der Waals surface area contributed by atoms with Gasteiger partial charge in [-0.3, -0.25) is 8.42 Å². The topological polar surface area (TPSA) is 141 Å². The Morgan fingerprint density at radius 1 is 1.25 bits per heavy atom. The molecule has 0 fully saturated rings. The third kappa shape index (κ3) is 684. The average Bonchev–Trinajstić information content (AvgIpc) is 1.68. The van der Waals surface area contributed by atoms with E-state index in [1.807, 2.05) is 6.79 Å². The monoisotopic (exact) mass is 270 g/mol. The zero-order chi connectivity index (χ0) is 9.21. The van der Waals surface area contributed by atoms with Gasteiger partial charge in [-0.1, -0.05) is 0 Å². The molecule has 0 amide bonds. The van der Waals surface area contributed by atoms with Gasteiger partial charge >= 0.3 is 46.6 Å². The molecule has 11 heteroatoms. The molecular weight excluding hydrogens is 267 g/mol. The van der Waals surface area contributed by atoms with E-state index in [2.05, 4.69) is 0 Å². The summed E-state index contributed by atoms with van der Waals surface area (Å²) in [6.45, 7) is 2.00. The summed E-state index contributed by atoms with van der Waals surface area (Å²) in [5.41, 5.74) is 0. The first-order valence-electron chi connectivity index (χ1n) is 1.30. The molecule has 0 spiro atoms. The van der Waals surface area contributed by atoms with Crippen molar-refractivity contribution in [2.45, 2.75) is 0 Å². The molecule has 7 nitrogen and oxygen atoms in total. The molecule has 0 atom stereocenters. The molecule has 12 heavy (non-hydrogen) atoms. The van der Waals surface area contributed by atoms with Crippen LogP contribution in [0.15, 0.2) is 0 Å². The second kappa shape index (κ2) is 22.8. The molecule has 0 aromatic carbocycles. The van der Waals surface area contributed by atoms with Gasteiger partial charge in [-0.15, -0.1) is 12.3 Å². The second-order valence-corrected chi connectivity index (χ2v) is 1.45. The molecular formula is CH3FeNaO7S2. The Bertz CT molecular complexity index is 126. The van der Waals surface area contributed by atoms with Crippen LogP contribution < -0.4 is 29.6 Å². The van der Waals surface area contributed by atoms with Crippen LogP contribution in [-0.2, 0) is 32.3 Å². The zero-order valence-corrected chi connectivity index (χ0v) is 10.5. The largest absolute Gasteiger partial charge is 2.00 e. The molecule has 0 aromatic heterocycles. The summed E-state index contributed by atoms with van der Waals surface area (Å²) in [5.74, 6) is 0. The molecule has 0 aliphatic carbocycles. The Kier molecular flexibility index (Phi) is 55.5. The van der Waals surface area contributed by atoms with Gasteiger partial charge in [-0.25, -0.2) is 0 Å². The van der Waals surface area contributed by atoms with Crippen molar-refractivity contribution in [3.8, 4) is 0 Å². The molecule has 0 rings (SSSR count). The van der Waals surface area contributed by atoms with E-state index in [0.29, 0.717) is 0 Å². The smallest absolute Gasteiger partial charge is 0.776 e. The maximum Gasteiger partial charge on any atom is 2.00 e. The zero-order valence-electron chi connectivity index (χ0n) is 5.77. The molecule has 0 radical (unpaired) electrons. The number of hydrogen-bond donors (Lipinski definition) is 1. The molecule has 0 bridgehead atoms. The molecule has 0 aliphatic heterocycles. The predicted molar refractivity (Wildman–Crippen MR) is 28.6 cm³/mol. The minimum absolute atomic E-state index is 0. The summed E-state index contributed by atoms with van der Waals surface area (Å²) >= 11 is -0.500. The third-order valence-corrected chi connectivity index (χ3v) is 0. The number of carbonyl (C=O) groups is 1. The van der Waals surface area contributed by atoms with Crippen molar-refractivity contribution in [1.29, 1.82) is 0 Å². The predicted octanol–water partition coefficient (Wildman–Crippen LogP) is -4.20. The second-order valence-electron chi connectivity index (χ2n) is 0.483. The molecule has 0 saturated carbocycles. The van der Waals surface area contributed by atoms with Crippen LogP contribution in [0.1, 0.15) is 0 Å². The maximum absolute atomic E-state index is 8.52. The first-order valence-corrected chi connectivity index (χ1v) is 3.34. The fourth-order valence-corrected chi connectivity index (χ4v) is 0. The van der Waals surface area contributed by atoms with Crippen LogP contribution in [0, 0.1) is 0 Å². The van der Waals surface area contributed by atoms with Crippen molar-refractivity contribution in [3.05, 3.63) is 0 Å². The third-order valence-electron chi connectivity index (χ3n) is 0. The summed E-state index contributed by atoms with van der Waals surface area (Å²) in [6.07, 6.45) is 0. The van der Waals surface area contributed by atoms with Gasteiger partial charge in [0.2, 0.25) is 0 Å². The van der Waals surface area contributed by atoms with Crippen molar-refractivity contribution < 1.29 is 78.0 Å². The Morgan fingerprint density at radius 3 is 1.25 bits per heavy atom. The fourth-order valence-electron chi connectivity index (χ4n) is 0. The van der Waals surface area contributed by atoms with Crippen molar-refractivity contribution in [3.63, 3.8) is 0 Å². The van der Waals surface area contributed by atoms with E-state index in [1.54, 1.807) is 0 Å². The van der Waals surface area contributed by atoms with Crippen molar-refractivity contribution >= 4 is 29.5 Å². The molecule has 0 aliphatic rings. The Balaban J connectivity index is -0.0000000209. The Hall–Kier alpha value is 1.33. The van der Waals surface area contributed by atoms with Crippen LogP contribution in [0.25, 0.3) is 0 Å². The summed E-state index contributed by atoms with van der Waals surface area (Å²) in [5, 5.41) is 0. The number of carbonyl (C=O) groups excluding carboxylic acids is 1. The normalized spacial score (nSPS) is 6.67. The van der Waals surface area contributed by atoms with Crippen LogP contribution >= 0.6 is 12.3 Å². The van der Waals surface area contributed by atoms with Crippen molar-refractivity contribution in [1.82, 2.24) is 0 Å². The van der Waals surface area contributed by atoms with Gasteiger partial charge in [0.25, 0.3) is 0 Å². The summed E-state index contributed by atoms with van der Waals surface area (Å²) in [6, 6.07) is 0. The van der Waals surface area contributed by atoms with Crippen LogP contribution in [0.4, 0.5) is 0 Å². The van der Waals surface area contributed by atoms with Crippen LogP contribution in [-0.4, -0.2) is 33.4 Å². The van der Waals surface area contributed by atoms with Gasteiger partial charge in [0.15, 0.2) is 0 Å². The first-order chi connectivity index (χ1) is 4.41. The van der Waals surface area contributed by atoms with E-state index < -0.39 is 22.7 Å². The molecule has 0 heterocycles. The number of hydrogen-bond acceptors (Lipinski definition) is 8. The van der Waals surface area contributed by atoms with Gasteiger partial charge in [-0.2, -0.15) is 0 Å². The molecule has 0 unspecified atom stereocenters. The van der Waals surface area contributed by atoms with Gasteiger partial charge < -0.3 is 23.0 Å². The minimum atomic E-state index is -5.17. The summed E-state index contributed by atoms with van der Waals surface area (Å²) < 4.78 is 49.4. The van der Waals surface area contributed by atoms with E-state index in [9.17, 15) is 0 Å². The van der Waals surface area contributed by atoms with Crippen LogP contribution in [0.3, 0.4) is 0 Å². The van der Waals surface area contributed by atoms with E-state index >= 15 is 0 Å². The fraction of sp³-hybridized carbons (Fsp3) is 0. The van der Waals surface area contributed by atoms with Gasteiger partial charge in [-0.05, 0) is 0 Å².